The van der Waals surface area contributed by atoms with E-state index in [-0.39, 0.29) is 0 Å². The van der Waals surface area contributed by atoms with Gasteiger partial charge in [0.05, 0.1) is 17.6 Å². The molecule has 2 N–H and O–H groups in total. The molecule has 1 fully saturated rings. The Morgan fingerprint density at radius 2 is 2.11 bits per heavy atom. The van der Waals surface area contributed by atoms with Gasteiger partial charge >= 0.3 is 0 Å². The van der Waals surface area contributed by atoms with E-state index in [1.165, 1.54) is 48.8 Å². The molecule has 1 unspecified atom stereocenters. The average Bonchev–Trinajstić information content (AvgIpc) is 3.37. The van der Waals surface area contributed by atoms with E-state index in [9.17, 15) is 8.76 Å². The average molecular weight is 435 g/mol. The van der Waals surface area contributed by atoms with Crippen molar-refractivity contribution in [3.63, 3.8) is 0 Å². The first kappa shape index (κ1) is 19.4. The number of anilines is 1. The normalized spacial score (nSPS) is 18.7. The molecule has 0 spiro atoms. The van der Waals surface area contributed by atoms with Gasteiger partial charge in [0.15, 0.2) is 22.7 Å². The molecule has 4 rings (SSSR count). The zero-order chi connectivity index (χ0) is 19.7. The molecule has 1 aliphatic heterocycles. The van der Waals surface area contributed by atoms with Crippen LogP contribution in [0.4, 0.5) is 5.82 Å². The Hall–Kier alpha value is -1.87. The second-order valence-corrected chi connectivity index (χ2v) is 9.46. The first-order valence-corrected chi connectivity index (χ1v) is 11.3. The van der Waals surface area contributed by atoms with Crippen LogP contribution in [-0.2, 0) is 11.1 Å². The number of halogens is 1. The summed E-state index contributed by atoms with van der Waals surface area (Å²) >= 11 is 5.44. The summed E-state index contributed by atoms with van der Waals surface area (Å²) in [5.41, 5.74) is 2.35. The zero-order valence-corrected chi connectivity index (χ0v) is 17.4. The highest BCUT2D eigenvalue weighted by atomic mass is 35.5. The van der Waals surface area contributed by atoms with Gasteiger partial charge in [-0.05, 0) is 48.1 Å². The Balaban J connectivity index is 1.59. The molecule has 0 saturated heterocycles. The van der Waals surface area contributed by atoms with Crippen LogP contribution in [0.25, 0.3) is 10.7 Å². The van der Waals surface area contributed by atoms with Crippen molar-refractivity contribution in [1.82, 2.24) is 9.97 Å². The largest absolute Gasteiger partial charge is 0.324 e. The molecule has 2 aromatic rings. The van der Waals surface area contributed by atoms with Crippen molar-refractivity contribution in [1.29, 1.82) is 0 Å². The monoisotopic (exact) mass is 434 g/mol. The predicted molar refractivity (Wildman–Crippen MR) is 114 cm³/mol. The molecule has 1 saturated carbocycles. The molecule has 0 bridgehead atoms. The van der Waals surface area contributed by atoms with Crippen molar-refractivity contribution in [2.75, 3.05) is 11.9 Å². The minimum absolute atomic E-state index is 0.349. The fourth-order valence-corrected chi connectivity index (χ4v) is 5.07. The van der Waals surface area contributed by atoms with E-state index in [1.54, 1.807) is 12.1 Å². The number of hydrogen-bond donors (Lipinski definition) is 2. The van der Waals surface area contributed by atoms with Gasteiger partial charge in [0, 0.05) is 0 Å². The van der Waals surface area contributed by atoms with E-state index >= 15 is 0 Å². The number of aliphatic imine (C=N–C) groups is 1. The zero-order valence-electron chi connectivity index (χ0n) is 15.0. The molecule has 1 atom stereocenters. The lowest BCUT2D eigenvalue weighted by Gasteiger charge is -2.21. The SMILES string of the molecule is C=C1CN=C(Nc2nc(-c3ccc(S(=O)O)s3)ncc2Cl)C=C1C1CCCC1. The first-order valence-electron chi connectivity index (χ1n) is 8.96. The van der Waals surface area contributed by atoms with Crippen LogP contribution in [0.5, 0.6) is 0 Å². The van der Waals surface area contributed by atoms with Crippen molar-refractivity contribution >= 4 is 45.7 Å². The number of nitrogens with one attached hydrogen (secondary N) is 1. The molecular weight excluding hydrogens is 416 g/mol. The Labute approximate surface area is 174 Å². The smallest absolute Gasteiger partial charge is 0.196 e. The van der Waals surface area contributed by atoms with Crippen LogP contribution in [0.3, 0.4) is 0 Å². The highest BCUT2D eigenvalue weighted by Crippen LogP contribution is 2.36. The van der Waals surface area contributed by atoms with Gasteiger partial charge in [0.25, 0.3) is 0 Å². The van der Waals surface area contributed by atoms with Crippen LogP contribution in [0.2, 0.25) is 5.02 Å². The van der Waals surface area contributed by atoms with E-state index in [0.717, 1.165) is 5.57 Å². The third-order valence-electron chi connectivity index (χ3n) is 4.90. The second kappa shape index (κ2) is 8.24. The number of thiophene rings is 1. The van der Waals surface area contributed by atoms with Crippen LogP contribution >= 0.6 is 22.9 Å². The molecule has 28 heavy (non-hydrogen) atoms. The first-order chi connectivity index (χ1) is 13.5. The van der Waals surface area contributed by atoms with Crippen LogP contribution in [0.15, 0.2) is 51.3 Å². The predicted octanol–water partition coefficient (Wildman–Crippen LogP) is 4.94. The summed E-state index contributed by atoms with van der Waals surface area (Å²) < 4.78 is 20.8. The summed E-state index contributed by atoms with van der Waals surface area (Å²) in [6.45, 7) is 4.74. The van der Waals surface area contributed by atoms with Crippen LogP contribution < -0.4 is 5.32 Å². The van der Waals surface area contributed by atoms with Gasteiger partial charge < -0.3 is 9.87 Å². The molecule has 0 amide bonds. The molecule has 146 valence electrons. The Bertz CT molecular complexity index is 1010. The van der Waals surface area contributed by atoms with E-state index in [2.05, 4.69) is 32.9 Å². The number of nitrogens with zero attached hydrogens (tertiary/aromatic N) is 3. The molecule has 2 aliphatic rings. The topological polar surface area (TPSA) is 87.5 Å². The molecule has 0 radical (unpaired) electrons. The van der Waals surface area contributed by atoms with E-state index in [4.69, 9.17) is 11.6 Å². The van der Waals surface area contributed by atoms with Crippen molar-refractivity contribution in [2.45, 2.75) is 29.9 Å². The minimum atomic E-state index is -2.02. The van der Waals surface area contributed by atoms with Crippen molar-refractivity contribution in [2.24, 2.45) is 10.9 Å². The Kier molecular flexibility index (Phi) is 5.73. The van der Waals surface area contributed by atoms with E-state index in [0.29, 0.717) is 44.0 Å². The standard InChI is InChI=1S/C19H19ClN4O2S2/c1-11-9-21-16(8-13(11)12-4-2-3-5-12)23-18-14(20)10-22-19(24-18)15-6-7-17(27-15)28(25)26/h6-8,10,12H,1-5,9H2,(H,25,26)(H,21,22,23,24). The minimum Gasteiger partial charge on any atom is -0.324 e. The van der Waals surface area contributed by atoms with Crippen LogP contribution in [-0.4, -0.2) is 31.1 Å². The maximum absolute atomic E-state index is 11.2. The number of dihydropyridines is 1. The summed E-state index contributed by atoms with van der Waals surface area (Å²) in [7, 11) is 0. The number of aromatic nitrogens is 2. The molecular formula is C19H19ClN4O2S2. The number of rotatable bonds is 4. The highest BCUT2D eigenvalue weighted by Gasteiger charge is 2.24. The molecule has 6 nitrogen and oxygen atoms in total. The highest BCUT2D eigenvalue weighted by molar-refractivity contribution is 7.81. The molecule has 3 heterocycles. The number of hydrogen-bond acceptors (Lipinski definition) is 6. The van der Waals surface area contributed by atoms with E-state index < -0.39 is 11.1 Å². The van der Waals surface area contributed by atoms with Gasteiger partial charge in [-0.1, -0.05) is 31.0 Å². The summed E-state index contributed by atoms with van der Waals surface area (Å²) in [5, 5.41) is 3.59. The van der Waals surface area contributed by atoms with Crippen molar-refractivity contribution in [3.05, 3.63) is 47.2 Å². The van der Waals surface area contributed by atoms with Gasteiger partial charge in [-0.3, -0.25) is 4.99 Å². The second-order valence-electron chi connectivity index (χ2n) is 6.77. The van der Waals surface area contributed by atoms with Crippen LogP contribution in [0, 0.1) is 5.92 Å². The van der Waals surface area contributed by atoms with Crippen LogP contribution in [0.1, 0.15) is 25.7 Å². The van der Waals surface area contributed by atoms with Gasteiger partial charge in [-0.15, -0.1) is 11.3 Å². The van der Waals surface area contributed by atoms with Crippen molar-refractivity contribution in [3.8, 4) is 10.7 Å². The van der Waals surface area contributed by atoms with Gasteiger partial charge in [-0.2, -0.15) is 0 Å². The maximum Gasteiger partial charge on any atom is 0.196 e. The van der Waals surface area contributed by atoms with Gasteiger partial charge in [-0.25, -0.2) is 14.2 Å². The molecule has 9 heteroatoms. The lowest BCUT2D eigenvalue weighted by molar-refractivity contribution is 0.566. The number of amidine groups is 1. The summed E-state index contributed by atoms with van der Waals surface area (Å²) in [6.07, 6.45) is 8.49. The lowest BCUT2D eigenvalue weighted by Crippen LogP contribution is -2.19. The summed E-state index contributed by atoms with van der Waals surface area (Å²) in [4.78, 5) is 14.0. The molecule has 2 aromatic heterocycles. The van der Waals surface area contributed by atoms with Gasteiger partial charge in [0.1, 0.15) is 15.1 Å². The molecule has 0 aromatic carbocycles. The fourth-order valence-electron chi connectivity index (χ4n) is 3.51. The van der Waals surface area contributed by atoms with E-state index in [1.807, 2.05) is 0 Å². The third-order valence-corrected chi connectivity index (χ3v) is 7.21. The third kappa shape index (κ3) is 4.10. The van der Waals surface area contributed by atoms with Gasteiger partial charge in [0.2, 0.25) is 0 Å². The Morgan fingerprint density at radius 1 is 1.32 bits per heavy atom. The fraction of sp³-hybridized carbons (Fsp3) is 0.316. The lowest BCUT2D eigenvalue weighted by atomic mass is 9.90. The molecule has 1 aliphatic carbocycles. The summed E-state index contributed by atoms with van der Waals surface area (Å²) in [6, 6.07) is 3.32. The quantitative estimate of drug-likeness (QED) is 0.665. The maximum atomic E-state index is 11.2. The Morgan fingerprint density at radius 3 is 2.82 bits per heavy atom. The van der Waals surface area contributed by atoms with Crippen molar-refractivity contribution < 1.29 is 8.76 Å². The summed E-state index contributed by atoms with van der Waals surface area (Å²) in [5.74, 6) is 2.17.